The van der Waals surface area contributed by atoms with E-state index in [1.165, 1.54) is 9.61 Å². The zero-order chi connectivity index (χ0) is 20.7. The molecule has 2 rings (SSSR count). The first-order chi connectivity index (χ1) is 13.2. The summed E-state index contributed by atoms with van der Waals surface area (Å²) in [5.41, 5.74) is 0.649. The highest BCUT2D eigenvalue weighted by Gasteiger charge is 2.25. The van der Waals surface area contributed by atoms with E-state index in [0.29, 0.717) is 25.6 Å². The third kappa shape index (κ3) is 8.64. The third-order valence-corrected chi connectivity index (χ3v) is 5.37. The SMILES string of the molecule is B.CC(=O)N(CCN(Br)C(=O)OC(C)(C)C)CC1CCN(c2ccncc2)CC1. The van der Waals surface area contributed by atoms with Crippen molar-refractivity contribution in [2.24, 2.45) is 5.92 Å². The third-order valence-electron chi connectivity index (χ3n) is 4.72. The Labute approximate surface area is 184 Å². The molecule has 1 saturated heterocycles. The molecule has 1 aromatic heterocycles. The number of amides is 2. The molecule has 0 radical (unpaired) electrons. The molecular formula is C20H34BBrN4O3. The highest BCUT2D eigenvalue weighted by atomic mass is 79.9. The molecule has 0 aliphatic carbocycles. The topological polar surface area (TPSA) is 66.0 Å². The standard InChI is InChI=1S/C20H31BrN4O3.BH3/c1-16(26)24(13-14-25(21)19(27)28-20(2,3)4)15-17-7-11-23(12-8-17)18-5-9-22-10-6-18;/h5-6,9-10,17H,7-8,11-15H2,1-4H3;1H3. The second-order valence-corrected chi connectivity index (χ2v) is 9.02. The number of hydrogen-bond acceptors (Lipinski definition) is 5. The average Bonchev–Trinajstić information content (AvgIpc) is 2.64. The zero-order valence-corrected chi connectivity index (χ0v) is 18.8. The fourth-order valence-electron chi connectivity index (χ4n) is 3.23. The van der Waals surface area contributed by atoms with E-state index in [0.717, 1.165) is 25.9 Å². The van der Waals surface area contributed by atoms with Gasteiger partial charge in [0, 0.05) is 51.2 Å². The molecule has 0 atom stereocenters. The summed E-state index contributed by atoms with van der Waals surface area (Å²) in [6, 6.07) is 4.06. The van der Waals surface area contributed by atoms with Crippen LogP contribution < -0.4 is 4.90 Å². The summed E-state index contributed by atoms with van der Waals surface area (Å²) in [4.78, 5) is 32.4. The minimum atomic E-state index is -0.549. The zero-order valence-electron chi connectivity index (χ0n) is 17.2. The van der Waals surface area contributed by atoms with E-state index in [2.05, 4.69) is 26.0 Å². The number of nitrogens with zero attached hydrogens (tertiary/aromatic N) is 4. The molecule has 1 aliphatic rings. The number of pyridine rings is 1. The van der Waals surface area contributed by atoms with Gasteiger partial charge < -0.3 is 14.5 Å². The molecule has 1 aromatic rings. The Balaban J connectivity index is 0.00000420. The van der Waals surface area contributed by atoms with Crippen LogP contribution in [0.4, 0.5) is 10.5 Å². The molecule has 0 bridgehead atoms. The molecule has 9 heteroatoms. The van der Waals surface area contributed by atoms with Gasteiger partial charge in [-0.15, -0.1) is 0 Å². The van der Waals surface area contributed by atoms with Gasteiger partial charge in [-0.05, 0) is 51.7 Å². The lowest BCUT2D eigenvalue weighted by atomic mass is 9.95. The fourth-order valence-corrected chi connectivity index (χ4v) is 3.46. The number of carbonyl (C=O) groups is 2. The van der Waals surface area contributed by atoms with E-state index < -0.39 is 11.7 Å². The monoisotopic (exact) mass is 468 g/mol. The first kappa shape index (κ1) is 25.3. The molecule has 2 amide bonds. The van der Waals surface area contributed by atoms with Gasteiger partial charge in [0.25, 0.3) is 0 Å². The van der Waals surface area contributed by atoms with Gasteiger partial charge >= 0.3 is 6.09 Å². The second-order valence-electron chi connectivity index (χ2n) is 8.17. The lowest BCUT2D eigenvalue weighted by Crippen LogP contribution is -2.43. The Kier molecular flexibility index (Phi) is 9.96. The van der Waals surface area contributed by atoms with Crippen molar-refractivity contribution in [3.8, 4) is 0 Å². The Hall–Kier alpha value is -1.77. The van der Waals surface area contributed by atoms with Crippen molar-refractivity contribution in [1.82, 2.24) is 13.8 Å². The molecule has 29 heavy (non-hydrogen) atoms. The molecule has 0 N–H and O–H groups in total. The van der Waals surface area contributed by atoms with Crippen LogP contribution in [0.15, 0.2) is 24.5 Å². The minimum Gasteiger partial charge on any atom is -0.443 e. The molecule has 0 saturated carbocycles. The Morgan fingerprint density at radius 1 is 1.21 bits per heavy atom. The summed E-state index contributed by atoms with van der Waals surface area (Å²) >= 11 is 3.24. The van der Waals surface area contributed by atoms with E-state index in [4.69, 9.17) is 4.74 Å². The van der Waals surface area contributed by atoms with Crippen molar-refractivity contribution >= 4 is 42.2 Å². The Morgan fingerprint density at radius 3 is 2.31 bits per heavy atom. The molecule has 0 spiro atoms. The number of halogens is 1. The largest absolute Gasteiger partial charge is 0.443 e. The van der Waals surface area contributed by atoms with Crippen LogP contribution in [-0.4, -0.2) is 72.5 Å². The van der Waals surface area contributed by atoms with E-state index in [-0.39, 0.29) is 14.3 Å². The van der Waals surface area contributed by atoms with E-state index in [1.54, 1.807) is 6.92 Å². The summed E-state index contributed by atoms with van der Waals surface area (Å²) < 4.78 is 6.67. The van der Waals surface area contributed by atoms with E-state index in [9.17, 15) is 9.59 Å². The average molecular weight is 469 g/mol. The van der Waals surface area contributed by atoms with Crippen molar-refractivity contribution in [1.29, 1.82) is 0 Å². The van der Waals surface area contributed by atoms with Crippen LogP contribution in [0.25, 0.3) is 0 Å². The molecule has 0 unspecified atom stereocenters. The minimum absolute atomic E-state index is 0. The van der Waals surface area contributed by atoms with Crippen molar-refractivity contribution in [2.45, 2.75) is 46.1 Å². The number of aromatic nitrogens is 1. The summed E-state index contributed by atoms with van der Waals surface area (Å²) in [6.07, 6.45) is 5.26. The van der Waals surface area contributed by atoms with Crippen LogP contribution in [0.1, 0.15) is 40.5 Å². The number of carbonyl (C=O) groups excluding carboxylic acids is 2. The molecular weight excluding hydrogens is 435 g/mol. The van der Waals surface area contributed by atoms with Gasteiger partial charge in [0.05, 0.1) is 31.1 Å². The van der Waals surface area contributed by atoms with Crippen LogP contribution in [0.5, 0.6) is 0 Å². The first-order valence-corrected chi connectivity index (χ1v) is 10.4. The van der Waals surface area contributed by atoms with Gasteiger partial charge in [-0.1, -0.05) is 0 Å². The van der Waals surface area contributed by atoms with E-state index >= 15 is 0 Å². The number of hydrogen-bond donors (Lipinski definition) is 0. The predicted octanol–water partition coefficient (Wildman–Crippen LogP) is 2.51. The molecule has 162 valence electrons. The molecule has 2 heterocycles. The van der Waals surface area contributed by atoms with Crippen molar-refractivity contribution in [3.05, 3.63) is 24.5 Å². The Morgan fingerprint density at radius 2 is 1.79 bits per heavy atom. The number of anilines is 1. The van der Waals surface area contributed by atoms with Crippen molar-refractivity contribution in [2.75, 3.05) is 37.6 Å². The van der Waals surface area contributed by atoms with Crippen LogP contribution in [-0.2, 0) is 9.53 Å². The maximum Gasteiger partial charge on any atom is 0.420 e. The quantitative estimate of drug-likeness (QED) is 0.474. The highest BCUT2D eigenvalue weighted by molar-refractivity contribution is 9.07. The van der Waals surface area contributed by atoms with Gasteiger partial charge in [-0.3, -0.25) is 9.78 Å². The maximum atomic E-state index is 12.1. The molecule has 1 aliphatic heterocycles. The van der Waals surface area contributed by atoms with Crippen LogP contribution in [0, 0.1) is 5.92 Å². The Bertz CT molecular complexity index is 649. The van der Waals surface area contributed by atoms with Crippen LogP contribution >= 0.6 is 16.1 Å². The van der Waals surface area contributed by atoms with Gasteiger partial charge in [0.2, 0.25) is 5.91 Å². The summed E-state index contributed by atoms with van der Waals surface area (Å²) in [5.74, 6) is 0.494. The fraction of sp³-hybridized carbons (Fsp3) is 0.650. The van der Waals surface area contributed by atoms with Crippen molar-refractivity contribution in [3.63, 3.8) is 0 Å². The summed E-state index contributed by atoms with van der Waals surface area (Å²) in [5, 5.41) is 0. The van der Waals surface area contributed by atoms with Gasteiger partial charge in [0.15, 0.2) is 0 Å². The second kappa shape index (κ2) is 11.4. The smallest absolute Gasteiger partial charge is 0.420 e. The number of piperidine rings is 1. The first-order valence-electron chi connectivity index (χ1n) is 9.72. The van der Waals surface area contributed by atoms with Crippen molar-refractivity contribution < 1.29 is 14.3 Å². The number of rotatable bonds is 6. The summed E-state index contributed by atoms with van der Waals surface area (Å²) in [7, 11) is 0. The van der Waals surface area contributed by atoms with Crippen LogP contribution in [0.2, 0.25) is 0 Å². The number of ether oxygens (including phenoxy) is 1. The van der Waals surface area contributed by atoms with Crippen LogP contribution in [0.3, 0.4) is 0 Å². The molecule has 0 aromatic carbocycles. The summed E-state index contributed by atoms with van der Waals surface area (Å²) in [6.45, 7) is 10.6. The van der Waals surface area contributed by atoms with Gasteiger partial charge in [-0.2, -0.15) is 0 Å². The molecule has 1 fully saturated rings. The lowest BCUT2D eigenvalue weighted by molar-refractivity contribution is -0.129. The van der Waals surface area contributed by atoms with E-state index in [1.807, 2.05) is 50.2 Å². The van der Waals surface area contributed by atoms with Gasteiger partial charge in [-0.25, -0.2) is 8.72 Å². The normalized spacial score (nSPS) is 14.7. The lowest BCUT2D eigenvalue weighted by Gasteiger charge is -2.36. The maximum absolute atomic E-state index is 12.1. The predicted molar refractivity (Wildman–Crippen MR) is 123 cm³/mol. The van der Waals surface area contributed by atoms with Gasteiger partial charge in [0.1, 0.15) is 5.60 Å². The molecule has 7 nitrogen and oxygen atoms in total. The highest BCUT2D eigenvalue weighted by Crippen LogP contribution is 2.23.